The molecule has 0 radical (unpaired) electrons. The minimum atomic E-state index is -0.0939. The maximum atomic E-state index is 12.9. The van der Waals surface area contributed by atoms with Gasteiger partial charge in [0, 0.05) is 31.8 Å². The van der Waals surface area contributed by atoms with Crippen LogP contribution in [-0.4, -0.2) is 51.9 Å². The highest BCUT2D eigenvalue weighted by molar-refractivity contribution is 8.00. The molecule has 3 heterocycles. The second-order valence-corrected chi connectivity index (χ2v) is 10.2. The lowest BCUT2D eigenvalue weighted by molar-refractivity contribution is -0.133. The summed E-state index contributed by atoms with van der Waals surface area (Å²) < 4.78 is 0. The summed E-state index contributed by atoms with van der Waals surface area (Å²) in [7, 11) is 0. The standard InChI is InChI=1S/C20H28N2O2S2/c23-18(8-7-16-4-1-2-5-16)21-11-9-20(10-12-21)22(13-15-26-20)19(24)17-6-3-14-25-17/h3,6,14,16H,1-2,4-5,7-13,15H2. The van der Waals surface area contributed by atoms with Crippen LogP contribution in [0.4, 0.5) is 0 Å². The topological polar surface area (TPSA) is 40.6 Å². The molecule has 6 heteroatoms. The quantitative estimate of drug-likeness (QED) is 0.770. The van der Waals surface area contributed by atoms with E-state index in [1.165, 1.54) is 37.0 Å². The van der Waals surface area contributed by atoms with Gasteiger partial charge in [-0.1, -0.05) is 31.7 Å². The van der Waals surface area contributed by atoms with Gasteiger partial charge in [-0.3, -0.25) is 9.59 Å². The van der Waals surface area contributed by atoms with Gasteiger partial charge in [0.1, 0.15) is 0 Å². The second kappa shape index (κ2) is 7.93. The van der Waals surface area contributed by atoms with Crippen molar-refractivity contribution in [3.05, 3.63) is 22.4 Å². The minimum Gasteiger partial charge on any atom is -0.342 e. The number of likely N-dealkylation sites (tertiary alicyclic amines) is 1. The van der Waals surface area contributed by atoms with Crippen LogP contribution >= 0.6 is 23.1 Å². The molecule has 1 spiro atoms. The highest BCUT2D eigenvalue weighted by atomic mass is 32.2. The van der Waals surface area contributed by atoms with Gasteiger partial charge in [-0.25, -0.2) is 0 Å². The molecule has 1 aromatic rings. The van der Waals surface area contributed by atoms with E-state index < -0.39 is 0 Å². The van der Waals surface area contributed by atoms with Crippen molar-refractivity contribution in [2.24, 2.45) is 5.92 Å². The van der Waals surface area contributed by atoms with Crippen LogP contribution in [-0.2, 0) is 4.79 Å². The zero-order chi connectivity index (χ0) is 18.0. The van der Waals surface area contributed by atoms with Crippen molar-refractivity contribution in [1.82, 2.24) is 9.80 Å². The first-order chi connectivity index (χ1) is 12.7. The number of nitrogens with zero attached hydrogens (tertiary/aromatic N) is 2. The minimum absolute atomic E-state index is 0.0939. The van der Waals surface area contributed by atoms with E-state index in [1.54, 1.807) is 0 Å². The highest BCUT2D eigenvalue weighted by Gasteiger charge is 2.47. The molecule has 0 unspecified atom stereocenters. The van der Waals surface area contributed by atoms with Crippen LogP contribution in [0.5, 0.6) is 0 Å². The van der Waals surface area contributed by atoms with Gasteiger partial charge in [0.2, 0.25) is 5.91 Å². The van der Waals surface area contributed by atoms with Crippen LogP contribution in [0.2, 0.25) is 0 Å². The summed E-state index contributed by atoms with van der Waals surface area (Å²) >= 11 is 3.44. The van der Waals surface area contributed by atoms with E-state index >= 15 is 0 Å². The highest BCUT2D eigenvalue weighted by Crippen LogP contribution is 2.45. The van der Waals surface area contributed by atoms with Crippen molar-refractivity contribution in [1.29, 1.82) is 0 Å². The van der Waals surface area contributed by atoms with Gasteiger partial charge < -0.3 is 9.80 Å². The van der Waals surface area contributed by atoms with E-state index in [-0.39, 0.29) is 10.8 Å². The number of hydrogen-bond donors (Lipinski definition) is 0. The molecule has 2 saturated heterocycles. The smallest absolute Gasteiger partial charge is 0.265 e. The third kappa shape index (κ3) is 3.68. The molecular weight excluding hydrogens is 364 g/mol. The van der Waals surface area contributed by atoms with Crippen molar-refractivity contribution in [3.63, 3.8) is 0 Å². The molecule has 2 amide bonds. The van der Waals surface area contributed by atoms with Gasteiger partial charge >= 0.3 is 0 Å². The van der Waals surface area contributed by atoms with Crippen LogP contribution in [0.1, 0.15) is 61.0 Å². The fourth-order valence-electron chi connectivity index (χ4n) is 4.73. The van der Waals surface area contributed by atoms with Crippen LogP contribution in [0, 0.1) is 5.92 Å². The molecular formula is C20H28N2O2S2. The average molecular weight is 393 g/mol. The largest absolute Gasteiger partial charge is 0.342 e. The molecule has 4 nitrogen and oxygen atoms in total. The number of carbonyl (C=O) groups excluding carboxylic acids is 2. The number of amides is 2. The van der Waals surface area contributed by atoms with E-state index in [9.17, 15) is 9.59 Å². The molecule has 1 saturated carbocycles. The molecule has 142 valence electrons. The Labute approximate surface area is 164 Å². The van der Waals surface area contributed by atoms with Crippen LogP contribution < -0.4 is 0 Å². The molecule has 3 fully saturated rings. The number of piperidine rings is 1. The molecule has 3 aliphatic rings. The number of rotatable bonds is 4. The van der Waals surface area contributed by atoms with Crippen molar-refractivity contribution in [2.45, 2.75) is 56.2 Å². The van der Waals surface area contributed by atoms with Crippen molar-refractivity contribution < 1.29 is 9.59 Å². The molecule has 4 rings (SSSR count). The van der Waals surface area contributed by atoms with Crippen molar-refractivity contribution in [2.75, 3.05) is 25.4 Å². The lowest BCUT2D eigenvalue weighted by Crippen LogP contribution is -2.53. The summed E-state index contributed by atoms with van der Waals surface area (Å²) in [5.41, 5.74) is 0. The van der Waals surface area contributed by atoms with Gasteiger partial charge in [-0.2, -0.15) is 0 Å². The Morgan fingerprint density at radius 3 is 2.62 bits per heavy atom. The summed E-state index contributed by atoms with van der Waals surface area (Å²) in [5.74, 6) is 2.28. The van der Waals surface area contributed by atoms with Crippen molar-refractivity contribution >= 4 is 34.9 Å². The molecule has 1 aliphatic carbocycles. The van der Waals surface area contributed by atoms with E-state index in [1.807, 2.05) is 34.2 Å². The fraction of sp³-hybridized carbons (Fsp3) is 0.700. The van der Waals surface area contributed by atoms with Crippen molar-refractivity contribution in [3.8, 4) is 0 Å². The van der Waals surface area contributed by atoms with Crippen LogP contribution in [0.15, 0.2) is 17.5 Å². The average Bonchev–Trinajstić information content (AvgIpc) is 3.42. The first-order valence-electron chi connectivity index (χ1n) is 9.95. The van der Waals surface area contributed by atoms with Gasteiger partial charge in [0.15, 0.2) is 0 Å². The Kier molecular flexibility index (Phi) is 5.60. The molecule has 0 bridgehead atoms. The Bertz CT molecular complexity index is 632. The summed E-state index contributed by atoms with van der Waals surface area (Å²) in [6, 6.07) is 3.87. The third-order valence-corrected chi connectivity index (χ3v) is 8.70. The lowest BCUT2D eigenvalue weighted by Gasteiger charge is -2.44. The predicted octanol–water partition coefficient (Wildman–Crippen LogP) is 4.23. The molecule has 0 aromatic carbocycles. The van der Waals surface area contributed by atoms with E-state index in [0.717, 1.165) is 55.4 Å². The molecule has 26 heavy (non-hydrogen) atoms. The Morgan fingerprint density at radius 2 is 1.92 bits per heavy atom. The van der Waals surface area contributed by atoms with E-state index in [4.69, 9.17) is 0 Å². The molecule has 0 N–H and O–H groups in total. The van der Waals surface area contributed by atoms with Gasteiger partial charge in [0.05, 0.1) is 9.75 Å². The van der Waals surface area contributed by atoms with Gasteiger partial charge in [-0.15, -0.1) is 23.1 Å². The Balaban J connectivity index is 1.33. The predicted molar refractivity (Wildman–Crippen MR) is 108 cm³/mol. The number of thioether (sulfide) groups is 1. The number of hydrogen-bond acceptors (Lipinski definition) is 4. The summed E-state index contributed by atoms with van der Waals surface area (Å²) in [6.45, 7) is 2.42. The number of carbonyl (C=O) groups is 2. The summed E-state index contributed by atoms with van der Waals surface area (Å²) in [5, 5.41) is 1.97. The SMILES string of the molecule is O=C(CCC1CCCC1)N1CCC2(CC1)SCCN2C(=O)c1cccs1. The Morgan fingerprint density at radius 1 is 1.15 bits per heavy atom. The zero-order valence-electron chi connectivity index (χ0n) is 15.3. The van der Waals surface area contributed by atoms with E-state index in [0.29, 0.717) is 12.3 Å². The first-order valence-corrected chi connectivity index (χ1v) is 11.8. The second-order valence-electron chi connectivity index (χ2n) is 7.80. The van der Waals surface area contributed by atoms with Crippen LogP contribution in [0.25, 0.3) is 0 Å². The van der Waals surface area contributed by atoms with Gasteiger partial charge in [-0.05, 0) is 36.6 Å². The third-order valence-electron chi connectivity index (χ3n) is 6.29. The lowest BCUT2D eigenvalue weighted by atomic mass is 9.99. The maximum absolute atomic E-state index is 12.9. The maximum Gasteiger partial charge on any atom is 0.265 e. The van der Waals surface area contributed by atoms with Crippen LogP contribution in [0.3, 0.4) is 0 Å². The zero-order valence-corrected chi connectivity index (χ0v) is 17.0. The molecule has 0 atom stereocenters. The summed E-state index contributed by atoms with van der Waals surface area (Å²) in [4.78, 5) is 30.4. The van der Waals surface area contributed by atoms with E-state index in [2.05, 4.69) is 4.90 Å². The summed E-state index contributed by atoms with van der Waals surface area (Å²) in [6.07, 6.45) is 8.90. The Hall–Kier alpha value is -1.01. The normalized spacial score (nSPS) is 23.1. The monoisotopic (exact) mass is 392 g/mol. The fourth-order valence-corrected chi connectivity index (χ4v) is 6.86. The first kappa shape index (κ1) is 18.4. The molecule has 2 aliphatic heterocycles. The molecule has 1 aromatic heterocycles. The number of thiophene rings is 1. The van der Waals surface area contributed by atoms with Gasteiger partial charge in [0.25, 0.3) is 5.91 Å².